The van der Waals surface area contributed by atoms with Crippen molar-refractivity contribution in [3.63, 3.8) is 0 Å². The summed E-state index contributed by atoms with van der Waals surface area (Å²) in [6, 6.07) is 14.4. The molecule has 0 spiro atoms. The summed E-state index contributed by atoms with van der Waals surface area (Å²) in [7, 11) is 0. The Labute approximate surface area is 207 Å². The fraction of sp³-hybridized carbons (Fsp3) is 0.208. The van der Waals surface area contributed by atoms with E-state index in [1.807, 2.05) is 13.0 Å². The highest BCUT2D eigenvalue weighted by Gasteiger charge is 2.19. The number of aliphatic hydroxyl groups excluding tert-OH is 1. The van der Waals surface area contributed by atoms with Crippen molar-refractivity contribution in [2.75, 3.05) is 18.9 Å². The predicted octanol–water partition coefficient (Wildman–Crippen LogP) is 4.68. The molecule has 1 heterocycles. The molecule has 0 atom stereocenters. The van der Waals surface area contributed by atoms with Crippen LogP contribution >= 0.6 is 23.2 Å². The van der Waals surface area contributed by atoms with Gasteiger partial charge >= 0.3 is 0 Å². The zero-order valence-electron chi connectivity index (χ0n) is 18.3. The molecule has 8 nitrogen and oxygen atoms in total. The van der Waals surface area contributed by atoms with Crippen LogP contribution in [0.15, 0.2) is 36.4 Å². The van der Waals surface area contributed by atoms with Gasteiger partial charge in [-0.3, -0.25) is 0 Å². The minimum absolute atomic E-state index is 0.0751. The van der Waals surface area contributed by atoms with Gasteiger partial charge in [-0.1, -0.05) is 35.3 Å². The highest BCUT2D eigenvalue weighted by atomic mass is 35.5. The zero-order valence-corrected chi connectivity index (χ0v) is 19.8. The molecule has 0 saturated carbocycles. The van der Waals surface area contributed by atoms with Crippen molar-refractivity contribution in [2.24, 2.45) is 0 Å². The summed E-state index contributed by atoms with van der Waals surface area (Å²) in [5.74, 6) is 1.06. The van der Waals surface area contributed by atoms with Crippen LogP contribution in [0, 0.1) is 22.7 Å². The van der Waals surface area contributed by atoms with Crippen LogP contribution in [0.2, 0.25) is 10.0 Å². The number of nitrogens with two attached hydrogens (primary N) is 1. The average Bonchev–Trinajstić information content (AvgIpc) is 3.13. The van der Waals surface area contributed by atoms with E-state index in [1.165, 1.54) is 4.68 Å². The molecule has 174 valence electrons. The monoisotopic (exact) mass is 497 g/mol. The third-order valence-electron chi connectivity index (χ3n) is 4.77. The zero-order chi connectivity index (χ0) is 24.7. The second-order valence-electron chi connectivity index (χ2n) is 7.00. The first-order valence-electron chi connectivity index (χ1n) is 10.2. The van der Waals surface area contributed by atoms with E-state index < -0.39 is 0 Å². The molecule has 3 rings (SSSR count). The molecule has 3 aromatic rings. The van der Waals surface area contributed by atoms with Gasteiger partial charge in [0.2, 0.25) is 0 Å². The molecule has 3 N–H and O–H groups in total. The average molecular weight is 498 g/mol. The number of nitrogens with zero attached hydrogens (tertiary/aromatic N) is 4. The molecule has 0 saturated heterocycles. The van der Waals surface area contributed by atoms with Crippen LogP contribution in [0.1, 0.15) is 29.3 Å². The Bertz CT molecular complexity index is 1310. The lowest BCUT2D eigenvalue weighted by Crippen LogP contribution is -2.07. The van der Waals surface area contributed by atoms with Gasteiger partial charge in [-0.15, -0.1) is 0 Å². The number of rotatable bonds is 9. The van der Waals surface area contributed by atoms with Gasteiger partial charge in [0.1, 0.15) is 35.8 Å². The van der Waals surface area contributed by atoms with Crippen molar-refractivity contribution in [1.82, 2.24) is 9.78 Å². The summed E-state index contributed by atoms with van der Waals surface area (Å²) in [6.45, 7) is 2.36. The maximum Gasteiger partial charge on any atom is 0.161 e. The smallest absolute Gasteiger partial charge is 0.161 e. The third kappa shape index (κ3) is 5.62. The Kier molecular flexibility index (Phi) is 8.39. The first-order chi connectivity index (χ1) is 16.4. The first kappa shape index (κ1) is 24.9. The lowest BCUT2D eigenvalue weighted by Gasteiger charge is -2.13. The molecule has 10 heteroatoms. The van der Waals surface area contributed by atoms with Crippen LogP contribution < -0.4 is 15.2 Å². The topological polar surface area (TPSA) is 130 Å². The molecule has 0 aliphatic heterocycles. The molecule has 0 radical (unpaired) electrons. The second-order valence-corrected chi connectivity index (χ2v) is 7.84. The predicted molar refractivity (Wildman–Crippen MR) is 130 cm³/mol. The van der Waals surface area contributed by atoms with Crippen molar-refractivity contribution in [1.29, 1.82) is 10.5 Å². The van der Waals surface area contributed by atoms with Crippen molar-refractivity contribution < 1.29 is 14.6 Å². The number of ether oxygens (including phenoxy) is 2. The van der Waals surface area contributed by atoms with Crippen molar-refractivity contribution in [2.45, 2.75) is 20.1 Å². The number of hydrogen-bond acceptors (Lipinski definition) is 7. The van der Waals surface area contributed by atoms with Gasteiger partial charge in [0.05, 0.1) is 25.3 Å². The van der Waals surface area contributed by atoms with E-state index >= 15 is 0 Å². The summed E-state index contributed by atoms with van der Waals surface area (Å²) in [5.41, 5.74) is 7.71. The van der Waals surface area contributed by atoms with E-state index in [0.717, 1.165) is 5.56 Å². The maximum absolute atomic E-state index is 9.73. The fourth-order valence-corrected chi connectivity index (χ4v) is 3.62. The maximum atomic E-state index is 9.73. The summed E-state index contributed by atoms with van der Waals surface area (Å²) >= 11 is 12.2. The largest absolute Gasteiger partial charge is 0.490 e. The molecule has 0 bridgehead atoms. The number of hydrogen-bond donors (Lipinski definition) is 2. The van der Waals surface area contributed by atoms with Crippen LogP contribution in [0.3, 0.4) is 0 Å². The summed E-state index contributed by atoms with van der Waals surface area (Å²) < 4.78 is 12.9. The van der Waals surface area contributed by atoms with Crippen LogP contribution in [0.4, 0.5) is 5.82 Å². The van der Waals surface area contributed by atoms with E-state index in [-0.39, 0.29) is 42.4 Å². The fourth-order valence-electron chi connectivity index (χ4n) is 3.16. The Morgan fingerprint density at radius 2 is 1.97 bits per heavy atom. The highest BCUT2D eigenvalue weighted by molar-refractivity contribution is 6.35. The SMILES string of the molecule is CCOc1cc(/C=C(\C#N)c2nn(CCO)c(N)c2C#N)ccc1OCc1ccc(Cl)cc1Cl. The number of halogens is 2. The Morgan fingerprint density at radius 1 is 1.18 bits per heavy atom. The molecule has 0 amide bonds. The standard InChI is InChI=1S/C24H21Cl2N5O3/c1-2-33-22-10-15(3-6-21(22)34-14-16-4-5-18(25)11-20(16)26)9-17(12-27)23-19(13-28)24(29)31(30-23)7-8-32/h3-6,9-11,32H,2,7-8,14,29H2,1H3/b17-9+. The van der Waals surface area contributed by atoms with Gasteiger partial charge < -0.3 is 20.3 Å². The second kappa shape index (κ2) is 11.4. The van der Waals surface area contributed by atoms with Crippen LogP contribution in [-0.2, 0) is 13.2 Å². The molecule has 0 aliphatic carbocycles. The minimum Gasteiger partial charge on any atom is -0.490 e. The van der Waals surface area contributed by atoms with Gasteiger partial charge in [0.15, 0.2) is 11.5 Å². The van der Waals surface area contributed by atoms with Crippen molar-refractivity contribution >= 4 is 40.7 Å². The van der Waals surface area contributed by atoms with Gasteiger partial charge in [-0.25, -0.2) is 4.68 Å². The molecule has 1 aromatic heterocycles. The molecular formula is C24H21Cl2N5O3. The Morgan fingerprint density at radius 3 is 2.62 bits per heavy atom. The number of aliphatic hydroxyl groups is 1. The summed E-state index contributed by atoms with van der Waals surface area (Å²) in [5, 5.41) is 33.7. The van der Waals surface area contributed by atoms with Crippen molar-refractivity contribution in [3.05, 3.63) is 68.8 Å². The van der Waals surface area contributed by atoms with Crippen LogP contribution in [0.25, 0.3) is 11.6 Å². The summed E-state index contributed by atoms with van der Waals surface area (Å²) in [6.07, 6.45) is 1.58. The Hall–Kier alpha value is -3.69. The Balaban J connectivity index is 1.93. The van der Waals surface area contributed by atoms with Gasteiger partial charge in [-0.2, -0.15) is 15.6 Å². The molecule has 2 aromatic carbocycles. The van der Waals surface area contributed by atoms with Gasteiger partial charge in [0.25, 0.3) is 0 Å². The van der Waals surface area contributed by atoms with Crippen LogP contribution in [-0.4, -0.2) is 28.1 Å². The van der Waals surface area contributed by atoms with Crippen LogP contribution in [0.5, 0.6) is 11.5 Å². The van der Waals surface area contributed by atoms with E-state index in [9.17, 15) is 15.6 Å². The molecule has 34 heavy (non-hydrogen) atoms. The normalized spacial score (nSPS) is 11.1. The number of benzene rings is 2. The molecule has 0 fully saturated rings. The lowest BCUT2D eigenvalue weighted by molar-refractivity contribution is 0.269. The molecule has 0 unspecified atom stereocenters. The number of nitriles is 2. The number of allylic oxidation sites excluding steroid dienone is 1. The van der Waals surface area contributed by atoms with Gasteiger partial charge in [0, 0.05) is 15.6 Å². The number of nitrogen functional groups attached to an aromatic ring is 1. The van der Waals surface area contributed by atoms with E-state index in [4.69, 9.17) is 38.4 Å². The first-order valence-corrected chi connectivity index (χ1v) is 11.0. The number of anilines is 1. The quantitative estimate of drug-likeness (QED) is 0.410. The molecule has 0 aliphatic rings. The van der Waals surface area contributed by atoms with E-state index in [1.54, 1.807) is 42.5 Å². The lowest BCUT2D eigenvalue weighted by atomic mass is 10.1. The van der Waals surface area contributed by atoms with Gasteiger partial charge in [-0.05, 0) is 42.8 Å². The third-order valence-corrected chi connectivity index (χ3v) is 5.35. The number of aromatic nitrogens is 2. The highest BCUT2D eigenvalue weighted by Crippen LogP contribution is 2.32. The van der Waals surface area contributed by atoms with Crippen molar-refractivity contribution in [3.8, 4) is 23.6 Å². The summed E-state index contributed by atoms with van der Waals surface area (Å²) in [4.78, 5) is 0. The van der Waals surface area contributed by atoms with E-state index in [0.29, 0.717) is 33.7 Å². The van der Waals surface area contributed by atoms with E-state index in [2.05, 4.69) is 11.2 Å². The molecular weight excluding hydrogens is 477 g/mol. The minimum atomic E-state index is -0.206.